The van der Waals surface area contributed by atoms with E-state index in [-0.39, 0.29) is 12.8 Å². The molecule has 0 spiro atoms. The Balaban J connectivity index is 2.67. The van der Waals surface area contributed by atoms with Crippen molar-refractivity contribution in [3.8, 4) is 0 Å². The third kappa shape index (κ3) is 1.38. The van der Waals surface area contributed by atoms with Crippen molar-refractivity contribution in [1.29, 1.82) is 0 Å². The lowest BCUT2D eigenvalue weighted by molar-refractivity contribution is -0.140. The Morgan fingerprint density at radius 1 is 1.31 bits per heavy atom. The highest BCUT2D eigenvalue weighted by atomic mass is 35.5. The van der Waals surface area contributed by atoms with Crippen LogP contribution in [0.15, 0.2) is 6.07 Å². The van der Waals surface area contributed by atoms with E-state index >= 15 is 0 Å². The van der Waals surface area contributed by atoms with Crippen LogP contribution in [0.5, 0.6) is 0 Å². The Kier molecular flexibility index (Phi) is 2.38. The molecule has 0 heterocycles. The van der Waals surface area contributed by atoms with Crippen molar-refractivity contribution in [3.05, 3.63) is 34.1 Å². The standard InChI is InChI=1S/C10H6ClF3O2/c11-7-5(13)3-4(12)6(8(7)14)10(1-2-10)9(15)16/h3H,1-2H2,(H,15,16). The molecular weight excluding hydrogens is 245 g/mol. The molecule has 0 amide bonds. The van der Waals surface area contributed by atoms with E-state index in [2.05, 4.69) is 0 Å². The fourth-order valence-electron chi connectivity index (χ4n) is 1.70. The summed E-state index contributed by atoms with van der Waals surface area (Å²) in [7, 11) is 0. The first kappa shape index (κ1) is 11.3. The number of rotatable bonds is 2. The van der Waals surface area contributed by atoms with E-state index < -0.39 is 39.4 Å². The summed E-state index contributed by atoms with van der Waals surface area (Å²) >= 11 is 5.28. The lowest BCUT2D eigenvalue weighted by Gasteiger charge is -2.13. The van der Waals surface area contributed by atoms with Crippen LogP contribution in [0, 0.1) is 17.5 Å². The number of carboxylic acids is 1. The monoisotopic (exact) mass is 250 g/mol. The van der Waals surface area contributed by atoms with Gasteiger partial charge in [0.2, 0.25) is 0 Å². The molecule has 86 valence electrons. The minimum atomic E-state index is -1.58. The summed E-state index contributed by atoms with van der Waals surface area (Å²) in [6.45, 7) is 0. The molecule has 1 N–H and O–H groups in total. The van der Waals surface area contributed by atoms with Crippen molar-refractivity contribution in [3.63, 3.8) is 0 Å². The molecule has 0 aliphatic heterocycles. The van der Waals surface area contributed by atoms with Gasteiger partial charge in [-0.15, -0.1) is 0 Å². The van der Waals surface area contributed by atoms with E-state index in [0.717, 1.165) is 0 Å². The van der Waals surface area contributed by atoms with E-state index in [1.54, 1.807) is 0 Å². The summed E-state index contributed by atoms with van der Waals surface area (Å²) < 4.78 is 39.8. The average molecular weight is 251 g/mol. The molecule has 1 saturated carbocycles. The molecule has 0 atom stereocenters. The first-order chi connectivity index (χ1) is 7.40. The molecule has 16 heavy (non-hydrogen) atoms. The molecule has 0 unspecified atom stereocenters. The largest absolute Gasteiger partial charge is 0.481 e. The van der Waals surface area contributed by atoms with Crippen molar-refractivity contribution in [2.75, 3.05) is 0 Å². The number of hydrogen-bond acceptors (Lipinski definition) is 1. The summed E-state index contributed by atoms with van der Waals surface area (Å²) in [6.07, 6.45) is 0.246. The van der Waals surface area contributed by atoms with Crippen LogP contribution < -0.4 is 0 Å². The van der Waals surface area contributed by atoms with Crippen molar-refractivity contribution >= 4 is 17.6 Å². The number of benzene rings is 1. The molecule has 0 saturated heterocycles. The second kappa shape index (κ2) is 3.38. The lowest BCUT2D eigenvalue weighted by atomic mass is 9.95. The Labute approximate surface area is 93.6 Å². The summed E-state index contributed by atoms with van der Waals surface area (Å²) in [5.74, 6) is -5.09. The van der Waals surface area contributed by atoms with Crippen LogP contribution >= 0.6 is 11.6 Å². The summed E-state index contributed by atoms with van der Waals surface area (Å²) in [4.78, 5) is 10.9. The zero-order valence-corrected chi connectivity index (χ0v) is 8.61. The van der Waals surface area contributed by atoms with Gasteiger partial charge in [-0.25, -0.2) is 13.2 Å². The zero-order chi connectivity index (χ0) is 12.1. The lowest BCUT2D eigenvalue weighted by Crippen LogP contribution is -2.23. The number of halogens is 4. The Bertz CT molecular complexity index is 483. The van der Waals surface area contributed by atoms with E-state index in [1.165, 1.54) is 0 Å². The van der Waals surface area contributed by atoms with Gasteiger partial charge in [-0.3, -0.25) is 4.79 Å². The quantitative estimate of drug-likeness (QED) is 0.647. The number of carbonyl (C=O) groups is 1. The second-order valence-corrected chi connectivity index (χ2v) is 4.11. The van der Waals surface area contributed by atoms with Gasteiger partial charge in [0.15, 0.2) is 5.82 Å². The number of carboxylic acid groups (broad SMARTS) is 1. The molecule has 1 aliphatic carbocycles. The van der Waals surface area contributed by atoms with Gasteiger partial charge < -0.3 is 5.11 Å². The predicted octanol–water partition coefficient (Wildman–Crippen LogP) is 2.87. The smallest absolute Gasteiger partial charge is 0.314 e. The maximum Gasteiger partial charge on any atom is 0.314 e. The molecule has 0 aromatic heterocycles. The third-order valence-electron chi connectivity index (χ3n) is 2.75. The molecule has 6 heteroatoms. The zero-order valence-electron chi connectivity index (χ0n) is 7.86. The average Bonchev–Trinajstić information content (AvgIpc) is 2.96. The molecule has 1 aliphatic rings. The topological polar surface area (TPSA) is 37.3 Å². The molecule has 2 nitrogen and oxygen atoms in total. The van der Waals surface area contributed by atoms with Gasteiger partial charge in [-0.1, -0.05) is 11.6 Å². The Morgan fingerprint density at radius 3 is 2.31 bits per heavy atom. The van der Waals surface area contributed by atoms with Gasteiger partial charge in [0, 0.05) is 11.6 Å². The maximum atomic E-state index is 13.5. The highest BCUT2D eigenvalue weighted by Crippen LogP contribution is 2.51. The summed E-state index contributed by atoms with van der Waals surface area (Å²) in [5.41, 5.74) is -2.22. The van der Waals surface area contributed by atoms with Gasteiger partial charge in [0.05, 0.1) is 5.41 Å². The van der Waals surface area contributed by atoms with Gasteiger partial charge in [-0.2, -0.15) is 0 Å². The molecule has 1 aromatic rings. The van der Waals surface area contributed by atoms with Crippen LogP contribution in [0.25, 0.3) is 0 Å². The van der Waals surface area contributed by atoms with Crippen LogP contribution in [0.3, 0.4) is 0 Å². The number of hydrogen-bond donors (Lipinski definition) is 1. The summed E-state index contributed by atoms with van der Waals surface area (Å²) in [5, 5.41) is 8.02. The molecule has 0 bridgehead atoms. The molecule has 1 fully saturated rings. The van der Waals surface area contributed by atoms with Crippen LogP contribution in [-0.4, -0.2) is 11.1 Å². The van der Waals surface area contributed by atoms with Gasteiger partial charge in [-0.05, 0) is 12.8 Å². The fraction of sp³-hybridized carbons (Fsp3) is 0.300. The minimum absolute atomic E-state index is 0.123. The van der Waals surface area contributed by atoms with Gasteiger partial charge in [0.1, 0.15) is 16.7 Å². The van der Waals surface area contributed by atoms with Crippen LogP contribution in [0.1, 0.15) is 18.4 Å². The molecule has 1 aromatic carbocycles. The van der Waals surface area contributed by atoms with Crippen molar-refractivity contribution in [2.24, 2.45) is 0 Å². The Hall–Kier alpha value is -1.23. The molecule has 2 rings (SSSR count). The van der Waals surface area contributed by atoms with Gasteiger partial charge in [0.25, 0.3) is 0 Å². The first-order valence-corrected chi connectivity index (χ1v) is 4.85. The molecular formula is C10H6ClF3O2. The highest BCUT2D eigenvalue weighted by Gasteiger charge is 2.55. The van der Waals surface area contributed by atoms with E-state index in [1.807, 2.05) is 0 Å². The SMILES string of the molecule is O=C(O)C1(c2c(F)cc(F)c(Cl)c2F)CC1. The normalized spacial score (nSPS) is 17.2. The number of aliphatic carboxylic acids is 1. The summed E-state index contributed by atoms with van der Waals surface area (Å²) in [6, 6.07) is 0.407. The Morgan fingerprint density at radius 2 is 1.88 bits per heavy atom. The van der Waals surface area contributed by atoms with E-state index in [0.29, 0.717) is 6.07 Å². The van der Waals surface area contributed by atoms with Crippen molar-refractivity contribution in [2.45, 2.75) is 18.3 Å². The fourth-order valence-corrected chi connectivity index (χ4v) is 1.85. The van der Waals surface area contributed by atoms with Crippen LogP contribution in [0.2, 0.25) is 5.02 Å². The van der Waals surface area contributed by atoms with Crippen molar-refractivity contribution in [1.82, 2.24) is 0 Å². The molecule has 0 radical (unpaired) electrons. The van der Waals surface area contributed by atoms with Gasteiger partial charge >= 0.3 is 5.97 Å². The van der Waals surface area contributed by atoms with Crippen molar-refractivity contribution < 1.29 is 23.1 Å². The predicted molar refractivity (Wildman–Crippen MR) is 49.9 cm³/mol. The van der Waals surface area contributed by atoms with Crippen LogP contribution in [-0.2, 0) is 10.2 Å². The first-order valence-electron chi connectivity index (χ1n) is 4.47. The third-order valence-corrected chi connectivity index (χ3v) is 3.10. The maximum absolute atomic E-state index is 13.5. The van der Waals surface area contributed by atoms with E-state index in [4.69, 9.17) is 16.7 Å². The van der Waals surface area contributed by atoms with E-state index in [9.17, 15) is 18.0 Å². The second-order valence-electron chi connectivity index (χ2n) is 3.73. The minimum Gasteiger partial charge on any atom is -0.481 e. The highest BCUT2D eigenvalue weighted by molar-refractivity contribution is 6.31. The van der Waals surface area contributed by atoms with Crippen LogP contribution in [0.4, 0.5) is 13.2 Å².